The van der Waals surface area contributed by atoms with Crippen LogP contribution in [0.1, 0.15) is 29.9 Å². The fourth-order valence-electron chi connectivity index (χ4n) is 1.30. The molecular formula is C10H14N2O3. The molecule has 0 spiro atoms. The van der Waals surface area contributed by atoms with Crippen LogP contribution in [0.4, 0.5) is 0 Å². The molecule has 1 N–H and O–H groups in total. The molecule has 0 saturated carbocycles. The van der Waals surface area contributed by atoms with Crippen LogP contribution in [-0.2, 0) is 6.54 Å². The molecule has 5 heteroatoms. The number of aromatic nitrogens is 2. The van der Waals surface area contributed by atoms with E-state index in [-0.39, 0.29) is 11.5 Å². The van der Waals surface area contributed by atoms with Gasteiger partial charge >= 0.3 is 5.97 Å². The number of hydrogen-bond acceptors (Lipinski definition) is 3. The van der Waals surface area contributed by atoms with Crippen molar-refractivity contribution in [3.05, 3.63) is 27.7 Å². The number of carbonyl (C=O) groups is 1. The third-order valence-electron chi connectivity index (χ3n) is 1.87. The Labute approximate surface area is 87.4 Å². The Kier molecular flexibility index (Phi) is 3.24. The quantitative estimate of drug-likeness (QED) is 0.804. The fraction of sp³-hybridized carbons (Fsp3) is 0.500. The van der Waals surface area contributed by atoms with Gasteiger partial charge in [0.05, 0.1) is 5.69 Å². The molecule has 0 bridgehead atoms. The van der Waals surface area contributed by atoms with Crippen molar-refractivity contribution in [1.82, 2.24) is 9.78 Å². The summed E-state index contributed by atoms with van der Waals surface area (Å²) in [6.07, 6.45) is 0. The van der Waals surface area contributed by atoms with Crippen molar-refractivity contribution < 1.29 is 9.90 Å². The number of nitrogens with zero attached hydrogens (tertiary/aromatic N) is 2. The summed E-state index contributed by atoms with van der Waals surface area (Å²) in [7, 11) is 0. The summed E-state index contributed by atoms with van der Waals surface area (Å²) in [5.41, 5.74) is -0.224. The normalized spacial score (nSPS) is 10.7. The molecule has 0 aromatic carbocycles. The minimum Gasteiger partial charge on any atom is -0.477 e. The van der Waals surface area contributed by atoms with E-state index in [4.69, 9.17) is 5.11 Å². The number of carboxylic acid groups (broad SMARTS) is 1. The highest BCUT2D eigenvalue weighted by Crippen LogP contribution is 1.99. The molecule has 0 saturated heterocycles. The van der Waals surface area contributed by atoms with Crippen molar-refractivity contribution in [1.29, 1.82) is 0 Å². The third-order valence-corrected chi connectivity index (χ3v) is 1.87. The van der Waals surface area contributed by atoms with E-state index in [1.165, 1.54) is 10.7 Å². The van der Waals surface area contributed by atoms with Crippen LogP contribution in [0.15, 0.2) is 10.9 Å². The summed E-state index contributed by atoms with van der Waals surface area (Å²) in [6, 6.07) is 1.29. The van der Waals surface area contributed by atoms with E-state index in [1.807, 2.05) is 13.8 Å². The van der Waals surface area contributed by atoms with Gasteiger partial charge in [0.1, 0.15) is 5.56 Å². The van der Waals surface area contributed by atoms with Crippen LogP contribution in [0.2, 0.25) is 0 Å². The van der Waals surface area contributed by atoms with Gasteiger partial charge in [-0.1, -0.05) is 13.8 Å². The zero-order valence-corrected chi connectivity index (χ0v) is 9.02. The molecule has 0 aliphatic carbocycles. The summed E-state index contributed by atoms with van der Waals surface area (Å²) < 4.78 is 1.21. The van der Waals surface area contributed by atoms with E-state index in [2.05, 4.69) is 5.10 Å². The lowest BCUT2D eigenvalue weighted by Crippen LogP contribution is -2.30. The average molecular weight is 210 g/mol. The second-order valence-corrected chi connectivity index (χ2v) is 3.89. The number of rotatable bonds is 3. The van der Waals surface area contributed by atoms with Crippen molar-refractivity contribution in [3.63, 3.8) is 0 Å². The largest absolute Gasteiger partial charge is 0.477 e. The smallest absolute Gasteiger partial charge is 0.341 e. The molecule has 82 valence electrons. The number of aryl methyl sites for hydroxylation is 1. The number of hydrogen-bond donors (Lipinski definition) is 1. The lowest BCUT2D eigenvalue weighted by atomic mass is 10.2. The van der Waals surface area contributed by atoms with Crippen LogP contribution < -0.4 is 5.56 Å². The molecule has 15 heavy (non-hydrogen) atoms. The Bertz CT molecular complexity index is 435. The maximum atomic E-state index is 11.6. The Morgan fingerprint density at radius 3 is 2.67 bits per heavy atom. The van der Waals surface area contributed by atoms with Crippen molar-refractivity contribution >= 4 is 5.97 Å². The summed E-state index contributed by atoms with van der Waals surface area (Å²) in [5, 5.41) is 12.8. The van der Waals surface area contributed by atoms with Gasteiger partial charge in [0.25, 0.3) is 5.56 Å². The Morgan fingerprint density at radius 2 is 2.20 bits per heavy atom. The Balaban J connectivity index is 3.29. The van der Waals surface area contributed by atoms with E-state index < -0.39 is 11.5 Å². The highest BCUT2D eigenvalue weighted by molar-refractivity contribution is 5.87. The van der Waals surface area contributed by atoms with E-state index in [0.29, 0.717) is 12.2 Å². The molecule has 5 nitrogen and oxygen atoms in total. The third kappa shape index (κ3) is 2.65. The summed E-state index contributed by atoms with van der Waals surface area (Å²) >= 11 is 0. The monoisotopic (exact) mass is 210 g/mol. The Morgan fingerprint density at radius 1 is 1.60 bits per heavy atom. The van der Waals surface area contributed by atoms with Crippen molar-refractivity contribution in [2.24, 2.45) is 5.92 Å². The van der Waals surface area contributed by atoms with E-state index in [0.717, 1.165) is 0 Å². The first-order valence-electron chi connectivity index (χ1n) is 4.74. The molecule has 1 rings (SSSR count). The van der Waals surface area contributed by atoms with Gasteiger partial charge in [-0.2, -0.15) is 5.10 Å². The highest BCUT2D eigenvalue weighted by Gasteiger charge is 2.13. The predicted molar refractivity (Wildman–Crippen MR) is 55.0 cm³/mol. The molecular weight excluding hydrogens is 196 g/mol. The molecule has 0 unspecified atom stereocenters. The van der Waals surface area contributed by atoms with Crippen molar-refractivity contribution in [3.8, 4) is 0 Å². The average Bonchev–Trinajstić information content (AvgIpc) is 2.09. The van der Waals surface area contributed by atoms with Crippen molar-refractivity contribution in [2.45, 2.75) is 27.3 Å². The van der Waals surface area contributed by atoms with Crippen LogP contribution in [0.3, 0.4) is 0 Å². The zero-order valence-electron chi connectivity index (χ0n) is 9.02. The number of carboxylic acids is 1. The zero-order chi connectivity index (χ0) is 11.6. The van der Waals surface area contributed by atoms with Gasteiger partial charge < -0.3 is 5.11 Å². The van der Waals surface area contributed by atoms with Gasteiger partial charge in [0, 0.05) is 6.54 Å². The maximum absolute atomic E-state index is 11.6. The summed E-state index contributed by atoms with van der Waals surface area (Å²) in [5.74, 6) is -0.957. The lowest BCUT2D eigenvalue weighted by molar-refractivity contribution is 0.0693. The minimum absolute atomic E-state index is 0.219. The lowest BCUT2D eigenvalue weighted by Gasteiger charge is -2.08. The maximum Gasteiger partial charge on any atom is 0.341 e. The molecule has 0 atom stereocenters. The molecule has 0 fully saturated rings. The first-order valence-corrected chi connectivity index (χ1v) is 4.74. The second-order valence-electron chi connectivity index (χ2n) is 3.89. The van der Waals surface area contributed by atoms with E-state index >= 15 is 0 Å². The van der Waals surface area contributed by atoms with Gasteiger partial charge in [-0.05, 0) is 18.9 Å². The van der Waals surface area contributed by atoms with Gasteiger partial charge in [0.15, 0.2) is 0 Å². The Hall–Kier alpha value is -1.65. The molecule has 0 radical (unpaired) electrons. The highest BCUT2D eigenvalue weighted by atomic mass is 16.4. The molecule has 1 aromatic heterocycles. The van der Waals surface area contributed by atoms with Crippen LogP contribution in [0.25, 0.3) is 0 Å². The standard InChI is InChI=1S/C10H14N2O3/c1-6(2)5-12-9(13)8(10(14)15)4-7(3)11-12/h4,6H,5H2,1-3H3,(H,14,15). The van der Waals surface area contributed by atoms with Crippen LogP contribution in [-0.4, -0.2) is 20.9 Å². The van der Waals surface area contributed by atoms with Gasteiger partial charge in [-0.25, -0.2) is 9.48 Å². The van der Waals surface area contributed by atoms with Gasteiger partial charge in [-0.15, -0.1) is 0 Å². The molecule has 1 aromatic rings. The van der Waals surface area contributed by atoms with Crippen molar-refractivity contribution in [2.75, 3.05) is 0 Å². The van der Waals surface area contributed by atoms with Crippen LogP contribution in [0.5, 0.6) is 0 Å². The molecule has 1 heterocycles. The topological polar surface area (TPSA) is 72.2 Å². The molecule has 0 aliphatic heterocycles. The summed E-state index contributed by atoms with van der Waals surface area (Å²) in [6.45, 7) is 5.98. The van der Waals surface area contributed by atoms with E-state index in [1.54, 1.807) is 6.92 Å². The van der Waals surface area contributed by atoms with Gasteiger partial charge in [0.2, 0.25) is 0 Å². The molecule has 0 amide bonds. The molecule has 0 aliphatic rings. The first-order chi connectivity index (χ1) is 6.91. The predicted octanol–water partition coefficient (Wildman–Crippen LogP) is 0.906. The fourth-order valence-corrected chi connectivity index (χ4v) is 1.30. The van der Waals surface area contributed by atoms with Crippen LogP contribution in [0, 0.1) is 12.8 Å². The van der Waals surface area contributed by atoms with E-state index in [9.17, 15) is 9.59 Å². The van der Waals surface area contributed by atoms with Gasteiger partial charge in [-0.3, -0.25) is 4.79 Å². The minimum atomic E-state index is -1.21. The summed E-state index contributed by atoms with van der Waals surface area (Å²) in [4.78, 5) is 22.4. The van der Waals surface area contributed by atoms with Crippen LogP contribution >= 0.6 is 0 Å². The second kappa shape index (κ2) is 4.25. The first kappa shape index (κ1) is 11.4. The number of aromatic carboxylic acids is 1. The SMILES string of the molecule is Cc1cc(C(=O)O)c(=O)n(CC(C)C)n1.